The van der Waals surface area contributed by atoms with Crippen molar-refractivity contribution in [1.29, 1.82) is 0 Å². The van der Waals surface area contributed by atoms with E-state index in [9.17, 15) is 8.78 Å². The summed E-state index contributed by atoms with van der Waals surface area (Å²) in [4.78, 5) is 0. The van der Waals surface area contributed by atoms with Crippen molar-refractivity contribution >= 4 is 0 Å². The van der Waals surface area contributed by atoms with Crippen molar-refractivity contribution in [2.24, 2.45) is 0 Å². The van der Waals surface area contributed by atoms with Gasteiger partial charge in [0.2, 0.25) is 0 Å². The molecule has 0 aromatic carbocycles. The summed E-state index contributed by atoms with van der Waals surface area (Å²) in [5.41, 5.74) is 1.04. The molecule has 0 atom stereocenters. The van der Waals surface area contributed by atoms with E-state index in [1.54, 1.807) is 0 Å². The minimum Gasteiger partial charge on any atom is -0.205 e. The number of hydrogen-bond acceptors (Lipinski definition) is 2. The first-order chi connectivity index (χ1) is 6.93. The molecule has 0 saturated heterocycles. The Morgan fingerprint density at radius 1 is 1.00 bits per heavy atom. The second-order valence-electron chi connectivity index (χ2n) is 4.22. The van der Waals surface area contributed by atoms with E-state index in [1.807, 2.05) is 27.7 Å². The highest BCUT2D eigenvalue weighted by Crippen LogP contribution is 2.28. The van der Waals surface area contributed by atoms with Crippen LogP contribution >= 0.6 is 0 Å². The van der Waals surface area contributed by atoms with Crippen molar-refractivity contribution in [1.82, 2.24) is 10.2 Å². The zero-order valence-electron chi connectivity index (χ0n) is 9.46. The van der Waals surface area contributed by atoms with E-state index >= 15 is 0 Å². The summed E-state index contributed by atoms with van der Waals surface area (Å²) in [6, 6.07) is 1.47. The Morgan fingerprint density at radius 2 is 1.60 bits per heavy atom. The van der Waals surface area contributed by atoms with Gasteiger partial charge < -0.3 is 0 Å². The molecule has 0 bridgehead atoms. The van der Waals surface area contributed by atoms with Crippen molar-refractivity contribution in [3.05, 3.63) is 23.0 Å². The lowest BCUT2D eigenvalue weighted by molar-refractivity contribution is 0.148. The Bertz CT molecular complexity index is 335. The van der Waals surface area contributed by atoms with Crippen LogP contribution in [0.2, 0.25) is 0 Å². The fraction of sp³-hybridized carbons (Fsp3) is 0.636. The maximum absolute atomic E-state index is 12.8. The van der Waals surface area contributed by atoms with E-state index < -0.39 is 6.43 Å². The Hall–Kier alpha value is -1.06. The Morgan fingerprint density at radius 3 is 2.00 bits per heavy atom. The highest BCUT2D eigenvalue weighted by molar-refractivity contribution is 5.26. The lowest BCUT2D eigenvalue weighted by atomic mass is 10.0. The molecule has 0 aliphatic carbocycles. The molecule has 4 heteroatoms. The number of aromatic nitrogens is 2. The van der Waals surface area contributed by atoms with E-state index in [1.165, 1.54) is 6.07 Å². The third-order valence-corrected chi connectivity index (χ3v) is 2.25. The lowest BCUT2D eigenvalue weighted by Crippen LogP contribution is -2.06. The van der Waals surface area contributed by atoms with Gasteiger partial charge in [0, 0.05) is 5.56 Å². The number of alkyl halides is 2. The smallest absolute Gasteiger partial charge is 0.205 e. The first-order valence-electron chi connectivity index (χ1n) is 5.09. The van der Waals surface area contributed by atoms with Crippen LogP contribution in [0.25, 0.3) is 0 Å². The van der Waals surface area contributed by atoms with Gasteiger partial charge in [-0.15, -0.1) is 0 Å². The van der Waals surface area contributed by atoms with E-state index in [4.69, 9.17) is 0 Å². The van der Waals surface area contributed by atoms with E-state index in [2.05, 4.69) is 10.2 Å². The normalized spacial score (nSPS) is 11.8. The van der Waals surface area contributed by atoms with Gasteiger partial charge in [-0.2, -0.15) is 10.2 Å². The summed E-state index contributed by atoms with van der Waals surface area (Å²) in [5, 5.41) is 7.85. The Balaban J connectivity index is 3.21. The SMILES string of the molecule is CC(C)c1cc(C(F)F)c(C(C)C)nn1. The summed E-state index contributed by atoms with van der Waals surface area (Å²) in [6.07, 6.45) is -2.48. The first kappa shape index (κ1) is 12.0. The molecular weight excluding hydrogens is 198 g/mol. The molecule has 1 aromatic rings. The summed E-state index contributed by atoms with van der Waals surface area (Å²) in [6.45, 7) is 7.50. The molecule has 0 saturated carbocycles. The molecular formula is C11H16F2N2. The molecule has 1 aromatic heterocycles. The predicted molar refractivity (Wildman–Crippen MR) is 55.2 cm³/mol. The maximum Gasteiger partial charge on any atom is 0.265 e. The van der Waals surface area contributed by atoms with Crippen molar-refractivity contribution in [2.45, 2.75) is 46.0 Å². The molecule has 84 valence electrons. The van der Waals surface area contributed by atoms with Crippen LogP contribution in [0.15, 0.2) is 6.07 Å². The van der Waals surface area contributed by atoms with Gasteiger partial charge in [0.05, 0.1) is 11.4 Å². The molecule has 1 rings (SSSR count). The van der Waals surface area contributed by atoms with Crippen LogP contribution in [-0.2, 0) is 0 Å². The summed E-state index contributed by atoms with van der Waals surface area (Å²) in [5.74, 6) is 0.0962. The van der Waals surface area contributed by atoms with Crippen molar-refractivity contribution in [2.75, 3.05) is 0 Å². The zero-order valence-corrected chi connectivity index (χ0v) is 9.46. The van der Waals surface area contributed by atoms with Gasteiger partial charge in [-0.05, 0) is 17.9 Å². The minimum absolute atomic E-state index is 0.0173. The second-order valence-corrected chi connectivity index (χ2v) is 4.22. The molecule has 0 unspecified atom stereocenters. The van der Waals surface area contributed by atoms with Crippen molar-refractivity contribution in [3.8, 4) is 0 Å². The summed E-state index contributed by atoms with van der Waals surface area (Å²) >= 11 is 0. The van der Waals surface area contributed by atoms with Gasteiger partial charge in [0.1, 0.15) is 0 Å². The quantitative estimate of drug-likeness (QED) is 0.767. The molecule has 0 fully saturated rings. The standard InChI is InChI=1S/C11H16F2N2/c1-6(2)9-5-8(11(12)13)10(7(3)4)15-14-9/h5-7,11H,1-4H3. The van der Waals surface area contributed by atoms with Crippen LogP contribution in [0.5, 0.6) is 0 Å². The number of nitrogens with zero attached hydrogens (tertiary/aromatic N) is 2. The van der Waals surface area contributed by atoms with Crippen LogP contribution in [0, 0.1) is 0 Å². The molecule has 0 amide bonds. The van der Waals surface area contributed by atoms with Gasteiger partial charge in [0.25, 0.3) is 6.43 Å². The fourth-order valence-corrected chi connectivity index (χ4v) is 1.34. The van der Waals surface area contributed by atoms with Gasteiger partial charge in [0.15, 0.2) is 0 Å². The molecule has 0 aliphatic heterocycles. The third-order valence-electron chi connectivity index (χ3n) is 2.25. The summed E-state index contributed by atoms with van der Waals surface area (Å²) in [7, 11) is 0. The maximum atomic E-state index is 12.8. The van der Waals surface area contributed by atoms with E-state index in [0.717, 1.165) is 0 Å². The zero-order chi connectivity index (χ0) is 11.6. The molecule has 0 radical (unpaired) electrons. The van der Waals surface area contributed by atoms with E-state index in [0.29, 0.717) is 11.4 Å². The summed E-state index contributed by atoms with van der Waals surface area (Å²) < 4.78 is 25.5. The number of halogens is 2. The van der Waals surface area contributed by atoms with Crippen molar-refractivity contribution < 1.29 is 8.78 Å². The monoisotopic (exact) mass is 214 g/mol. The molecule has 0 N–H and O–H groups in total. The molecule has 2 nitrogen and oxygen atoms in total. The number of rotatable bonds is 3. The van der Waals surface area contributed by atoms with Gasteiger partial charge in [-0.3, -0.25) is 0 Å². The molecule has 0 aliphatic rings. The third kappa shape index (κ3) is 2.70. The van der Waals surface area contributed by atoms with Crippen LogP contribution < -0.4 is 0 Å². The number of hydrogen-bond donors (Lipinski definition) is 0. The molecule has 0 spiro atoms. The van der Waals surface area contributed by atoms with Crippen LogP contribution in [0.4, 0.5) is 8.78 Å². The lowest BCUT2D eigenvalue weighted by Gasteiger charge is -2.12. The van der Waals surface area contributed by atoms with Gasteiger partial charge in [-0.25, -0.2) is 8.78 Å². The van der Waals surface area contributed by atoms with E-state index in [-0.39, 0.29) is 17.4 Å². The predicted octanol–water partition coefficient (Wildman–Crippen LogP) is 3.66. The van der Waals surface area contributed by atoms with Gasteiger partial charge in [-0.1, -0.05) is 27.7 Å². The highest BCUT2D eigenvalue weighted by atomic mass is 19.3. The van der Waals surface area contributed by atoms with Crippen LogP contribution in [-0.4, -0.2) is 10.2 Å². The van der Waals surface area contributed by atoms with Crippen molar-refractivity contribution in [3.63, 3.8) is 0 Å². The average molecular weight is 214 g/mol. The van der Waals surface area contributed by atoms with Crippen LogP contribution in [0.3, 0.4) is 0 Å². The highest BCUT2D eigenvalue weighted by Gasteiger charge is 2.19. The second kappa shape index (κ2) is 4.64. The van der Waals surface area contributed by atoms with Gasteiger partial charge >= 0.3 is 0 Å². The topological polar surface area (TPSA) is 25.8 Å². The largest absolute Gasteiger partial charge is 0.265 e. The molecule has 15 heavy (non-hydrogen) atoms. The Labute approximate surface area is 88.7 Å². The Kier molecular flexibility index (Phi) is 3.72. The van der Waals surface area contributed by atoms with Crippen LogP contribution in [0.1, 0.15) is 62.9 Å². The fourth-order valence-electron chi connectivity index (χ4n) is 1.34. The first-order valence-corrected chi connectivity index (χ1v) is 5.09. The molecule has 1 heterocycles. The minimum atomic E-state index is -2.48. The average Bonchev–Trinajstić information content (AvgIpc) is 2.16.